The van der Waals surface area contributed by atoms with Crippen molar-refractivity contribution >= 4 is 5.97 Å². The topological polar surface area (TPSA) is 26.3 Å². The van der Waals surface area contributed by atoms with Crippen molar-refractivity contribution in [2.75, 3.05) is 0 Å². The van der Waals surface area contributed by atoms with Crippen molar-refractivity contribution < 1.29 is 9.53 Å². The zero-order valence-corrected chi connectivity index (χ0v) is 22.4. The number of hydrogen-bond donors (Lipinski definition) is 0. The number of carbonyl (C=O) groups is 1. The zero-order valence-electron chi connectivity index (χ0n) is 22.4. The van der Waals surface area contributed by atoms with Crippen LogP contribution in [-0.2, 0) is 9.53 Å². The Kier molecular flexibility index (Phi) is 7.05. The largest absolute Gasteiger partial charge is 0.463 e. The number of allylic oxidation sites excluding steroid dienone is 6. The van der Waals surface area contributed by atoms with Crippen LogP contribution in [0, 0.1) is 40.4 Å². The summed E-state index contributed by atoms with van der Waals surface area (Å²) in [5.41, 5.74) is 5.70. The van der Waals surface area contributed by atoms with Gasteiger partial charge in [0.05, 0.1) is 0 Å². The molecule has 0 aromatic rings. The van der Waals surface area contributed by atoms with Crippen molar-refractivity contribution in [3.05, 3.63) is 34.9 Å². The number of carbonyl (C=O) groups excluding carboxylic acids is 1. The van der Waals surface area contributed by atoms with Crippen LogP contribution in [0.5, 0.6) is 0 Å². The molecule has 2 heteroatoms. The lowest BCUT2D eigenvalue weighted by Gasteiger charge is -2.53. The minimum Gasteiger partial charge on any atom is -0.463 e. The lowest BCUT2D eigenvalue weighted by atomic mass is 9.51. The highest BCUT2D eigenvalue weighted by molar-refractivity contribution is 5.66. The summed E-state index contributed by atoms with van der Waals surface area (Å²) in [6.07, 6.45) is 18.7. The number of hydrogen-bond acceptors (Lipinski definition) is 2. The van der Waals surface area contributed by atoms with E-state index >= 15 is 0 Å². The third-order valence-electron chi connectivity index (χ3n) is 10.5. The number of fused-ring (bicyclic) bond motifs is 5. The zero-order chi connectivity index (χ0) is 24.0. The highest BCUT2D eigenvalue weighted by Crippen LogP contribution is 2.65. The van der Waals surface area contributed by atoms with Gasteiger partial charge in [0, 0.05) is 6.92 Å². The van der Waals surface area contributed by atoms with E-state index in [9.17, 15) is 4.79 Å². The summed E-state index contributed by atoms with van der Waals surface area (Å²) in [6, 6.07) is 0. The smallest absolute Gasteiger partial charge is 0.302 e. The summed E-state index contributed by atoms with van der Waals surface area (Å²) < 4.78 is 5.63. The van der Waals surface area contributed by atoms with Gasteiger partial charge in [0.25, 0.3) is 0 Å². The summed E-state index contributed by atoms with van der Waals surface area (Å²) in [6.45, 7) is 16.1. The maximum atomic E-state index is 11.5. The Morgan fingerprint density at radius 1 is 1.18 bits per heavy atom. The Labute approximate surface area is 203 Å². The van der Waals surface area contributed by atoms with E-state index in [2.05, 4.69) is 59.8 Å². The summed E-state index contributed by atoms with van der Waals surface area (Å²) >= 11 is 0. The normalized spacial score (nSPS) is 39.2. The van der Waals surface area contributed by atoms with Crippen LogP contribution in [0.4, 0.5) is 0 Å². The van der Waals surface area contributed by atoms with Crippen molar-refractivity contribution in [2.24, 2.45) is 40.4 Å². The second kappa shape index (κ2) is 9.38. The molecule has 184 valence electrons. The Hall–Kier alpha value is -1.31. The molecule has 0 saturated heterocycles. The average molecular weight is 453 g/mol. The maximum Gasteiger partial charge on any atom is 0.302 e. The van der Waals surface area contributed by atoms with E-state index in [4.69, 9.17) is 4.74 Å². The molecule has 0 aliphatic heterocycles. The van der Waals surface area contributed by atoms with Crippen LogP contribution in [0.1, 0.15) is 106 Å². The van der Waals surface area contributed by atoms with E-state index < -0.39 is 0 Å². The molecule has 0 spiro atoms. The van der Waals surface area contributed by atoms with Gasteiger partial charge in [-0.05, 0) is 116 Å². The second-order valence-electron chi connectivity index (χ2n) is 12.6. The van der Waals surface area contributed by atoms with Crippen molar-refractivity contribution in [1.29, 1.82) is 0 Å². The number of rotatable bonds is 6. The molecular formula is C31H48O2. The van der Waals surface area contributed by atoms with Gasteiger partial charge in [0.2, 0.25) is 0 Å². The quantitative estimate of drug-likeness (QED) is 0.298. The molecule has 4 rings (SSSR count). The fourth-order valence-electron chi connectivity index (χ4n) is 8.49. The standard InChI is InChI=1S/C31H48O2/c1-8-23(20(2)3)10-9-21(4)27-13-14-28-26-12-11-24-19-25(33-22(5)32)15-17-30(24,6)29(26)16-18-31(27,28)7/h8,12,16,20-21,24-25,27-28H,9-11,13-15,17-19H2,1-7H3/b23-8+/t21-,24+,25+,27-,28+,30+,31-/m1/s1. The third-order valence-corrected chi connectivity index (χ3v) is 10.5. The molecular weight excluding hydrogens is 404 g/mol. The molecule has 0 heterocycles. The molecule has 0 bridgehead atoms. The fraction of sp³-hybridized carbons (Fsp3) is 0.774. The van der Waals surface area contributed by atoms with E-state index in [1.54, 1.807) is 23.6 Å². The van der Waals surface area contributed by atoms with E-state index in [1.165, 1.54) is 32.1 Å². The van der Waals surface area contributed by atoms with Crippen LogP contribution in [-0.4, -0.2) is 12.1 Å². The first-order valence-electron chi connectivity index (χ1n) is 13.8. The summed E-state index contributed by atoms with van der Waals surface area (Å²) in [5, 5.41) is 0. The van der Waals surface area contributed by atoms with E-state index in [0.29, 0.717) is 17.3 Å². The highest BCUT2D eigenvalue weighted by atomic mass is 16.5. The van der Waals surface area contributed by atoms with E-state index in [0.717, 1.165) is 43.4 Å². The van der Waals surface area contributed by atoms with Gasteiger partial charge in [-0.25, -0.2) is 0 Å². The Balaban J connectivity index is 1.50. The van der Waals surface area contributed by atoms with Crippen LogP contribution < -0.4 is 0 Å². The predicted octanol–water partition coefficient (Wildman–Crippen LogP) is 8.44. The molecule has 0 aromatic heterocycles. The monoisotopic (exact) mass is 452 g/mol. The Morgan fingerprint density at radius 3 is 2.61 bits per heavy atom. The minimum absolute atomic E-state index is 0.120. The van der Waals surface area contributed by atoms with Crippen LogP contribution in [0.2, 0.25) is 0 Å². The second-order valence-corrected chi connectivity index (χ2v) is 12.6. The first-order chi connectivity index (χ1) is 15.6. The molecule has 4 aliphatic rings. The van der Waals surface area contributed by atoms with Crippen molar-refractivity contribution in [2.45, 2.75) is 112 Å². The van der Waals surface area contributed by atoms with Crippen LogP contribution in [0.25, 0.3) is 0 Å². The predicted molar refractivity (Wildman–Crippen MR) is 138 cm³/mol. The molecule has 0 unspecified atom stereocenters. The summed E-state index contributed by atoms with van der Waals surface area (Å²) in [7, 11) is 0. The molecule has 0 radical (unpaired) electrons. The first-order valence-corrected chi connectivity index (χ1v) is 13.8. The first kappa shape index (κ1) is 24.8. The van der Waals surface area contributed by atoms with Gasteiger partial charge in [-0.3, -0.25) is 4.79 Å². The van der Waals surface area contributed by atoms with Crippen LogP contribution in [0.15, 0.2) is 34.9 Å². The van der Waals surface area contributed by atoms with E-state index in [1.807, 2.05) is 0 Å². The molecule has 2 fully saturated rings. The molecule has 2 saturated carbocycles. The lowest BCUT2D eigenvalue weighted by molar-refractivity contribution is -0.150. The Morgan fingerprint density at radius 2 is 1.94 bits per heavy atom. The molecule has 4 aliphatic carbocycles. The van der Waals surface area contributed by atoms with Gasteiger partial charge in [-0.15, -0.1) is 0 Å². The maximum absolute atomic E-state index is 11.5. The van der Waals surface area contributed by atoms with Crippen molar-refractivity contribution in [1.82, 2.24) is 0 Å². The summed E-state index contributed by atoms with van der Waals surface area (Å²) in [4.78, 5) is 11.5. The molecule has 0 amide bonds. The highest BCUT2D eigenvalue weighted by Gasteiger charge is 2.55. The molecule has 0 N–H and O–H groups in total. The molecule has 2 nitrogen and oxygen atoms in total. The number of esters is 1. The fourth-order valence-corrected chi connectivity index (χ4v) is 8.49. The minimum atomic E-state index is -0.121. The van der Waals surface area contributed by atoms with Gasteiger partial charge in [-0.1, -0.05) is 58.4 Å². The summed E-state index contributed by atoms with van der Waals surface area (Å²) in [5.74, 6) is 3.52. The van der Waals surface area contributed by atoms with Gasteiger partial charge in [-0.2, -0.15) is 0 Å². The third kappa shape index (κ3) is 4.41. The SMILES string of the molecule is C/C=C(\CC[C@@H](C)[C@H]1CC[C@H]2C3=CC[C@H]4C[C@@H](OC(C)=O)CC[C@]4(C)C3=CC[C@]12C)C(C)C. The molecule has 33 heavy (non-hydrogen) atoms. The van der Waals surface area contributed by atoms with Crippen molar-refractivity contribution in [3.63, 3.8) is 0 Å². The van der Waals surface area contributed by atoms with Gasteiger partial charge in [0.1, 0.15) is 6.10 Å². The molecule has 0 aromatic carbocycles. The van der Waals surface area contributed by atoms with Crippen LogP contribution in [0.3, 0.4) is 0 Å². The van der Waals surface area contributed by atoms with Gasteiger partial charge >= 0.3 is 5.97 Å². The molecule has 7 atom stereocenters. The van der Waals surface area contributed by atoms with E-state index in [-0.39, 0.29) is 17.5 Å². The van der Waals surface area contributed by atoms with Crippen LogP contribution >= 0.6 is 0 Å². The average Bonchev–Trinajstić information content (AvgIpc) is 3.11. The Bertz CT molecular complexity index is 845. The number of ether oxygens (including phenoxy) is 1. The van der Waals surface area contributed by atoms with Gasteiger partial charge in [0.15, 0.2) is 0 Å². The van der Waals surface area contributed by atoms with Gasteiger partial charge < -0.3 is 4.74 Å². The van der Waals surface area contributed by atoms with Crippen molar-refractivity contribution in [3.8, 4) is 0 Å². The lowest BCUT2D eigenvalue weighted by Crippen LogP contribution is -2.45.